The van der Waals surface area contributed by atoms with Gasteiger partial charge in [-0.1, -0.05) is 48.5 Å². The fraction of sp³-hybridized carbons (Fsp3) is 0.556. The quantitative estimate of drug-likeness (QED) is 0.0956. The standard InChI is InChI=1S/C36H56N14O2/c37-33(52)31(17-27-5-7-30(8-6-27)34-49-47-26-48-50-34)9-10-32(51)45-18-28-1-3-29(4-2-28)19-46-36-23-42-14-11-39-20-35(38,21-40-12-15-43-24-36)22-41-13-16-44-25-36/h1-8,26,31,39-44,46H,9-25,38H2,(H2,37,52)(H,45,51). The number of primary amides is 1. The van der Waals surface area contributed by atoms with Crippen molar-refractivity contribution in [3.05, 3.63) is 71.5 Å². The number of nitrogens with one attached hydrogen (secondary N) is 8. The molecule has 0 radical (unpaired) electrons. The van der Waals surface area contributed by atoms with Crippen molar-refractivity contribution in [2.24, 2.45) is 17.4 Å². The number of aromatic nitrogens is 4. The Bertz CT molecular complexity index is 1470. The molecule has 2 aromatic carbocycles. The maximum Gasteiger partial charge on any atom is 0.220 e. The van der Waals surface area contributed by atoms with E-state index in [0.717, 1.165) is 101 Å². The van der Waals surface area contributed by atoms with Gasteiger partial charge in [-0.25, -0.2) is 0 Å². The Morgan fingerprint density at radius 1 is 0.692 bits per heavy atom. The molecule has 1 aromatic heterocycles. The second-order valence-corrected chi connectivity index (χ2v) is 14.1. The predicted octanol–water partition coefficient (Wildman–Crippen LogP) is -2.24. The van der Waals surface area contributed by atoms with E-state index >= 15 is 0 Å². The van der Waals surface area contributed by atoms with Crippen LogP contribution in [0.5, 0.6) is 0 Å². The fourth-order valence-corrected chi connectivity index (χ4v) is 6.49. The molecule has 3 aliphatic heterocycles. The lowest BCUT2D eigenvalue weighted by atomic mass is 9.93. The van der Waals surface area contributed by atoms with Gasteiger partial charge in [-0.3, -0.25) is 9.59 Å². The number of benzene rings is 2. The van der Waals surface area contributed by atoms with Gasteiger partial charge >= 0.3 is 0 Å². The smallest absolute Gasteiger partial charge is 0.220 e. The van der Waals surface area contributed by atoms with Gasteiger partial charge < -0.3 is 54.0 Å². The molecule has 4 heterocycles. The predicted molar refractivity (Wildman–Crippen MR) is 201 cm³/mol. The van der Waals surface area contributed by atoms with Crippen molar-refractivity contribution in [1.29, 1.82) is 0 Å². The molecule has 12 N–H and O–H groups in total. The van der Waals surface area contributed by atoms with Gasteiger partial charge in [0, 0.05) is 110 Å². The second kappa shape index (κ2) is 20.3. The summed E-state index contributed by atoms with van der Waals surface area (Å²) in [5, 5.41) is 43.9. The van der Waals surface area contributed by atoms with Crippen LogP contribution in [-0.2, 0) is 29.1 Å². The topological polar surface area (TPSA) is 234 Å². The first-order valence-electron chi connectivity index (χ1n) is 18.3. The van der Waals surface area contributed by atoms with E-state index < -0.39 is 11.8 Å². The van der Waals surface area contributed by atoms with Crippen LogP contribution in [0.2, 0.25) is 0 Å². The van der Waals surface area contributed by atoms with Gasteiger partial charge in [-0.05, 0) is 29.5 Å². The van der Waals surface area contributed by atoms with Crippen molar-refractivity contribution in [1.82, 2.24) is 62.9 Å². The average Bonchev–Trinajstić information content (AvgIpc) is 3.16. The van der Waals surface area contributed by atoms with Crippen molar-refractivity contribution >= 4 is 11.8 Å². The van der Waals surface area contributed by atoms with Crippen molar-refractivity contribution in [3.8, 4) is 11.4 Å². The van der Waals surface area contributed by atoms with Crippen LogP contribution in [0.25, 0.3) is 11.4 Å². The summed E-state index contributed by atoms with van der Waals surface area (Å²) >= 11 is 0. The Morgan fingerprint density at radius 3 is 1.69 bits per heavy atom. The van der Waals surface area contributed by atoms with Crippen molar-refractivity contribution in [2.45, 2.75) is 43.4 Å². The van der Waals surface area contributed by atoms with E-state index in [1.165, 1.54) is 6.33 Å². The third-order valence-electron chi connectivity index (χ3n) is 9.66. The van der Waals surface area contributed by atoms with Crippen LogP contribution >= 0.6 is 0 Å². The van der Waals surface area contributed by atoms with Gasteiger partial charge in [-0.15, -0.1) is 20.4 Å². The lowest BCUT2D eigenvalue weighted by Gasteiger charge is -2.37. The molecule has 1 atom stereocenters. The minimum Gasteiger partial charge on any atom is -0.369 e. The minimum absolute atomic E-state index is 0.120. The Hall–Kier alpha value is -4.00. The summed E-state index contributed by atoms with van der Waals surface area (Å²) in [4.78, 5) is 25.0. The molecule has 2 bridgehead atoms. The molecular formula is C36H56N14O2. The lowest BCUT2D eigenvalue weighted by molar-refractivity contribution is -0.123. The zero-order chi connectivity index (χ0) is 36.5. The monoisotopic (exact) mass is 716 g/mol. The molecule has 3 fully saturated rings. The maximum atomic E-state index is 12.8. The first kappa shape index (κ1) is 39.2. The van der Waals surface area contributed by atoms with Crippen molar-refractivity contribution in [3.63, 3.8) is 0 Å². The number of amides is 2. The normalized spacial score (nSPS) is 22.9. The highest BCUT2D eigenvalue weighted by Gasteiger charge is 2.30. The van der Waals surface area contributed by atoms with E-state index in [0.29, 0.717) is 31.8 Å². The molecule has 3 saturated heterocycles. The molecule has 282 valence electrons. The van der Waals surface area contributed by atoms with Gasteiger partial charge in [0.2, 0.25) is 17.6 Å². The van der Waals surface area contributed by atoms with Gasteiger partial charge in [0.25, 0.3) is 0 Å². The van der Waals surface area contributed by atoms with Crippen molar-refractivity contribution < 1.29 is 9.59 Å². The zero-order valence-electron chi connectivity index (χ0n) is 30.1. The molecule has 3 aromatic rings. The highest BCUT2D eigenvalue weighted by molar-refractivity contribution is 5.79. The molecule has 3 aliphatic rings. The summed E-state index contributed by atoms with van der Waals surface area (Å²) in [5.74, 6) is -0.584. The summed E-state index contributed by atoms with van der Waals surface area (Å²) in [6.45, 7) is 10.8. The fourth-order valence-electron chi connectivity index (χ4n) is 6.49. The van der Waals surface area contributed by atoms with E-state index in [4.69, 9.17) is 11.5 Å². The van der Waals surface area contributed by atoms with E-state index in [1.54, 1.807) is 0 Å². The van der Waals surface area contributed by atoms with Gasteiger partial charge in [0.05, 0.1) is 11.1 Å². The Labute approximate surface area is 306 Å². The lowest BCUT2D eigenvalue weighted by Crippen LogP contribution is -2.66. The number of nitrogens with two attached hydrogens (primary N) is 2. The summed E-state index contributed by atoms with van der Waals surface area (Å²) in [5.41, 5.74) is 15.8. The van der Waals surface area contributed by atoms with Crippen LogP contribution in [0, 0.1) is 5.92 Å². The highest BCUT2D eigenvalue weighted by Crippen LogP contribution is 2.19. The molecule has 52 heavy (non-hydrogen) atoms. The second-order valence-electron chi connectivity index (χ2n) is 14.1. The van der Waals surface area contributed by atoms with Gasteiger partial charge in [-0.2, -0.15) is 0 Å². The largest absolute Gasteiger partial charge is 0.369 e. The summed E-state index contributed by atoms with van der Waals surface area (Å²) in [6.07, 6.45) is 2.28. The zero-order valence-corrected chi connectivity index (χ0v) is 30.1. The minimum atomic E-state index is -0.462. The number of nitrogens with zero attached hydrogens (tertiary/aromatic N) is 4. The number of carbonyl (C=O) groups excluding carboxylic acids is 2. The summed E-state index contributed by atoms with van der Waals surface area (Å²) < 4.78 is 0. The van der Waals surface area contributed by atoms with Crippen LogP contribution in [0.1, 0.15) is 29.5 Å². The number of hydrogen-bond donors (Lipinski definition) is 10. The Morgan fingerprint density at radius 2 is 1.17 bits per heavy atom. The van der Waals surface area contributed by atoms with E-state index in [-0.39, 0.29) is 23.4 Å². The molecule has 0 saturated carbocycles. The third-order valence-corrected chi connectivity index (χ3v) is 9.66. The summed E-state index contributed by atoms with van der Waals surface area (Å²) in [6, 6.07) is 15.8. The van der Waals surface area contributed by atoms with E-state index in [1.807, 2.05) is 36.4 Å². The van der Waals surface area contributed by atoms with E-state index in [9.17, 15) is 9.59 Å². The van der Waals surface area contributed by atoms with Crippen molar-refractivity contribution in [2.75, 3.05) is 78.5 Å². The third kappa shape index (κ3) is 12.9. The Balaban J connectivity index is 1.09. The van der Waals surface area contributed by atoms with Gasteiger partial charge in [0.15, 0.2) is 6.33 Å². The van der Waals surface area contributed by atoms with E-state index in [2.05, 4.69) is 75.1 Å². The maximum absolute atomic E-state index is 12.8. The number of fused-ring (bicyclic) bond motifs is 15. The van der Waals surface area contributed by atoms with Crippen LogP contribution in [0.4, 0.5) is 0 Å². The van der Waals surface area contributed by atoms with Crippen LogP contribution in [-0.4, -0.2) is 122 Å². The van der Waals surface area contributed by atoms with Gasteiger partial charge in [0.1, 0.15) is 0 Å². The molecule has 16 nitrogen and oxygen atoms in total. The molecule has 1 unspecified atom stereocenters. The first-order chi connectivity index (χ1) is 25.3. The molecule has 6 rings (SSSR count). The average molecular weight is 717 g/mol. The molecular weight excluding hydrogens is 660 g/mol. The highest BCUT2D eigenvalue weighted by atomic mass is 16.2. The summed E-state index contributed by atoms with van der Waals surface area (Å²) in [7, 11) is 0. The Kier molecular flexibility index (Phi) is 15.3. The molecule has 16 heteroatoms. The van der Waals surface area contributed by atoms with Crippen LogP contribution in [0.15, 0.2) is 54.9 Å². The number of rotatable bonds is 12. The van der Waals surface area contributed by atoms with Crippen LogP contribution in [0.3, 0.4) is 0 Å². The molecule has 0 spiro atoms. The number of carbonyl (C=O) groups is 2. The van der Waals surface area contributed by atoms with Crippen LogP contribution < -0.4 is 54.0 Å². The number of hydrogen-bond acceptors (Lipinski definition) is 14. The first-order valence-corrected chi connectivity index (χ1v) is 18.3. The SMILES string of the molecule is NC(=O)C(CCC(=O)NCc1ccc(CNC23CNCCNCC(N)(CNCCNC2)CNCCNC3)cc1)Cc1ccc(-c2nncnn2)cc1. The molecule has 2 amide bonds. The molecule has 0 aliphatic carbocycles.